The first-order valence-electron chi connectivity index (χ1n) is 24.5. The Kier molecular flexibility index (Phi) is 18.5. The number of aromatic amines is 1. The molecule has 0 unspecified atom stereocenters. The minimum Gasteiger partial charge on any atom is -0.875 e. The molecule has 5 heterocycles. The third-order valence-corrected chi connectivity index (χ3v) is 14.7. The van der Waals surface area contributed by atoms with E-state index in [0.717, 1.165) is 53.4 Å². The number of aliphatic imine (C=N–C) groups is 3. The molecule has 0 spiro atoms. The summed E-state index contributed by atoms with van der Waals surface area (Å²) in [6.07, 6.45) is 20.4. The smallest absolute Gasteiger partial charge is 0.875 e. The van der Waals surface area contributed by atoms with Crippen molar-refractivity contribution in [2.75, 3.05) is 13.7 Å². The topological polar surface area (TPSA) is 152 Å². The van der Waals surface area contributed by atoms with E-state index < -0.39 is 11.7 Å². The molecule has 1 aliphatic carbocycles. The van der Waals surface area contributed by atoms with Crippen LogP contribution in [0.4, 0.5) is 0 Å². The van der Waals surface area contributed by atoms with E-state index in [4.69, 9.17) is 24.5 Å². The zero-order chi connectivity index (χ0) is 47.3. The Morgan fingerprint density at radius 1 is 0.864 bits per heavy atom. The number of hydrogen-bond donors (Lipinski definition) is 1. The quantitative estimate of drug-likeness (QED) is 0.0634. The molecule has 0 amide bonds. The van der Waals surface area contributed by atoms with Crippen molar-refractivity contribution in [1.29, 1.82) is 0 Å². The van der Waals surface area contributed by atoms with Crippen LogP contribution in [0, 0.1) is 48.3 Å². The average molecular weight is 912 g/mol. The Hall–Kier alpha value is -4.22. The van der Waals surface area contributed by atoms with Crippen LogP contribution in [0.15, 0.2) is 78.3 Å². The number of carbonyl (C=O) groups excluding carboxylic acids is 2. The number of ether oxygens (including phenoxy) is 2. The van der Waals surface area contributed by atoms with Gasteiger partial charge < -0.3 is 24.7 Å². The van der Waals surface area contributed by atoms with E-state index in [1.54, 1.807) is 6.92 Å². The number of carbonyl (C=O) groups is 2. The molecule has 0 saturated carbocycles. The van der Waals surface area contributed by atoms with E-state index in [2.05, 4.69) is 53.5 Å². The maximum Gasteiger partial charge on any atom is 2.00 e. The van der Waals surface area contributed by atoms with Gasteiger partial charge in [0.25, 0.3) is 0 Å². The molecular weight excluding hydrogens is 837 g/mol. The third-order valence-electron chi connectivity index (χ3n) is 14.7. The Morgan fingerprint density at radius 3 is 2.14 bits per heavy atom. The van der Waals surface area contributed by atoms with E-state index in [1.807, 2.05) is 45.1 Å². The molecule has 10 nitrogen and oxygen atoms in total. The van der Waals surface area contributed by atoms with Crippen LogP contribution in [0.25, 0.3) is 17.4 Å². The molecule has 8 bridgehead atoms. The Morgan fingerprint density at radius 2 is 1.50 bits per heavy atom. The van der Waals surface area contributed by atoms with Crippen molar-refractivity contribution in [2.24, 2.45) is 56.4 Å². The first-order chi connectivity index (χ1) is 30.9. The summed E-state index contributed by atoms with van der Waals surface area (Å²) in [4.78, 5) is 45.8. The van der Waals surface area contributed by atoms with Gasteiger partial charge >= 0.3 is 35.0 Å². The van der Waals surface area contributed by atoms with E-state index in [0.29, 0.717) is 62.8 Å². The molecule has 1 N–H and O–H groups in total. The average Bonchev–Trinajstić information content (AvgIpc) is 4.00. The van der Waals surface area contributed by atoms with Crippen molar-refractivity contribution in [3.8, 4) is 0 Å². The number of rotatable bonds is 19. The van der Waals surface area contributed by atoms with Gasteiger partial charge in [-0.2, -0.15) is 0 Å². The molecule has 4 aliphatic heterocycles. The molecule has 5 aliphatic rings. The van der Waals surface area contributed by atoms with E-state index in [-0.39, 0.29) is 77.1 Å². The van der Waals surface area contributed by atoms with Crippen molar-refractivity contribution in [3.63, 3.8) is 0 Å². The number of hydrogen-bond acceptors (Lipinski definition) is 9. The summed E-state index contributed by atoms with van der Waals surface area (Å²) in [5.74, 6) is 0.289. The Labute approximate surface area is 410 Å². The normalized spacial score (nSPS) is 23.0. The Balaban J connectivity index is 0.00000817. The molecule has 1 aromatic heterocycles. The summed E-state index contributed by atoms with van der Waals surface area (Å²) >= 11 is 0. The zero-order valence-corrected chi connectivity index (χ0v) is 43.5. The summed E-state index contributed by atoms with van der Waals surface area (Å²) in [6.45, 7) is 23.4. The number of nitrogens with zero attached hydrogens (tertiary/aromatic N) is 3. The molecule has 1 aromatic rings. The van der Waals surface area contributed by atoms with Crippen molar-refractivity contribution < 1.29 is 29.3 Å². The summed E-state index contributed by atoms with van der Waals surface area (Å²) < 4.78 is 11.0. The van der Waals surface area contributed by atoms with Gasteiger partial charge in [-0.05, 0) is 111 Å². The third kappa shape index (κ3) is 11.7. The van der Waals surface area contributed by atoms with E-state index in [1.165, 1.54) is 57.6 Å². The maximum atomic E-state index is 14.4. The van der Waals surface area contributed by atoms with Gasteiger partial charge in [-0.1, -0.05) is 112 Å². The molecule has 6 rings (SSSR count). The molecule has 0 fully saturated rings. The number of nitrogens with one attached hydrogen (secondary N) is 1. The maximum absolute atomic E-state index is 14.4. The van der Waals surface area contributed by atoms with Crippen molar-refractivity contribution in [2.45, 2.75) is 153 Å². The Bertz CT molecular complexity index is 2450. The molecule has 11 heteroatoms. The van der Waals surface area contributed by atoms with Crippen LogP contribution in [-0.2, 0) is 19.1 Å². The minimum absolute atomic E-state index is 0. The van der Waals surface area contributed by atoms with E-state index in [9.17, 15) is 19.8 Å². The van der Waals surface area contributed by atoms with Crippen LogP contribution in [0.2, 0.25) is 0 Å². The summed E-state index contributed by atoms with van der Waals surface area (Å²) in [7, 11) is 1.27. The molecule has 352 valence electrons. The molecule has 6 atom stereocenters. The second-order valence-corrected chi connectivity index (χ2v) is 20.1. The molecule has 0 saturated heterocycles. The SMILES string of the molecule is CC[C@H]1C2=NC(=CC3=NC(=C(C)C3=C(C)[O-])C=C3N=C(C4=c5[nH]c(c(C)c5C([O-])=C4C(=O)OC)=C2)[C@@H](CCC(=O)OC/C=C(\C)CCC[C@H](C)CCC[C@H](C)CCCC(C)C)[C@@H]3C)[C@@H]1C.[Mg+2]. The predicted molar refractivity (Wildman–Crippen MR) is 265 cm³/mol. The largest absolute Gasteiger partial charge is 2.00 e. The van der Waals surface area contributed by atoms with Gasteiger partial charge in [0.05, 0.1) is 35.2 Å². The van der Waals surface area contributed by atoms with Crippen molar-refractivity contribution in [1.82, 2.24) is 4.98 Å². The van der Waals surface area contributed by atoms with Crippen LogP contribution in [0.1, 0.15) is 157 Å². The van der Waals surface area contributed by atoms with Gasteiger partial charge in [0.2, 0.25) is 0 Å². The number of allylic oxidation sites excluding steroid dienone is 8. The summed E-state index contributed by atoms with van der Waals surface area (Å²) in [6, 6.07) is 0. The second kappa shape index (κ2) is 23.2. The van der Waals surface area contributed by atoms with Crippen LogP contribution < -0.4 is 20.9 Å². The van der Waals surface area contributed by atoms with Gasteiger partial charge in [0, 0.05) is 58.1 Å². The fourth-order valence-electron chi connectivity index (χ4n) is 10.5. The predicted octanol–water partition coefficient (Wildman–Crippen LogP) is 8.81. The van der Waals surface area contributed by atoms with E-state index >= 15 is 0 Å². The second-order valence-electron chi connectivity index (χ2n) is 20.1. The number of aromatic nitrogens is 1. The minimum atomic E-state index is -0.742. The van der Waals surface area contributed by atoms with Crippen molar-refractivity contribution in [3.05, 3.63) is 85.2 Å². The molecule has 0 aromatic carbocycles. The fraction of sp³-hybridized carbons (Fsp3) is 0.582. The summed E-state index contributed by atoms with van der Waals surface area (Å²) in [5, 5.41) is 28.8. The molecule has 0 radical (unpaired) electrons. The molecule has 66 heavy (non-hydrogen) atoms. The van der Waals surface area contributed by atoms with Crippen LogP contribution in [0.5, 0.6) is 0 Å². The first kappa shape index (κ1) is 52.7. The monoisotopic (exact) mass is 911 g/mol. The van der Waals surface area contributed by atoms with Gasteiger partial charge in [-0.25, -0.2) is 9.79 Å². The van der Waals surface area contributed by atoms with Crippen LogP contribution in [0.3, 0.4) is 0 Å². The fourth-order valence-corrected chi connectivity index (χ4v) is 10.5. The van der Waals surface area contributed by atoms with Gasteiger partial charge in [0.1, 0.15) is 6.61 Å². The first-order valence-corrected chi connectivity index (χ1v) is 24.5. The number of H-pyrrole nitrogens is 1. The van der Waals surface area contributed by atoms with Crippen molar-refractivity contribution >= 4 is 69.5 Å². The number of fused-ring (bicyclic) bond motifs is 5. The van der Waals surface area contributed by atoms with Crippen LogP contribution in [-0.4, -0.2) is 70.8 Å². The standard InChI is InChI=1S/C55H76N4O6.Mg/c1-13-39-34(7)41-29-46-48(38(11)60)36(9)43(57-46)27-42-35(8)40(52(58-42)50-51(55(63)64-12)54(62)49-37(10)44(59-53(49)50)28-45(39)56-41)23-24-47(61)65-26-25-33(6)22-16-21-32(5)20-15-19-31(4)18-14-17-30(2)3;/h25,27-32,34-35,39-40,59-60,62H,13-24,26H2,1-12H3;/q;+2/p-2/b33-25+,41-29?,42-27?,44-28?,48-38?;/t31-,32-,34-,35+,39-,40+;/m1./s1. The van der Waals surface area contributed by atoms with Crippen LogP contribution >= 0.6 is 0 Å². The van der Waals surface area contributed by atoms with Gasteiger partial charge in [0.15, 0.2) is 0 Å². The molecular formula is C55H74MgN4O6. The zero-order valence-electron chi connectivity index (χ0n) is 42.0. The summed E-state index contributed by atoms with van der Waals surface area (Å²) in [5.41, 5.74) is 8.05. The number of methoxy groups -OCH3 is 1. The number of esters is 2. The van der Waals surface area contributed by atoms with Gasteiger partial charge in [-0.15, -0.1) is 5.76 Å². The van der Waals surface area contributed by atoms with Gasteiger partial charge in [-0.3, -0.25) is 14.8 Å².